The molecule has 0 saturated heterocycles. The quantitative estimate of drug-likeness (QED) is 0.294. The summed E-state index contributed by atoms with van der Waals surface area (Å²) < 4.78 is 17.0. The number of rotatable bonds is 0. The zero-order valence-electron chi connectivity index (χ0n) is 4.86. The second-order valence-electron chi connectivity index (χ2n) is 0.500. The molecule has 0 spiro atoms. The molecule has 0 aromatic rings. The van der Waals surface area contributed by atoms with Gasteiger partial charge in [-0.3, -0.25) is 0 Å². The molecule has 0 rings (SSSR count). The molecule has 0 radical (unpaired) electrons. The monoisotopic (exact) mass is 404 g/mol. The second-order valence-corrected chi connectivity index (χ2v) is 1.50. The van der Waals surface area contributed by atoms with Crippen LogP contribution in [-0.4, -0.2) is 47.8 Å². The van der Waals surface area contributed by atoms with Gasteiger partial charge in [-0.2, -0.15) is 0 Å². The van der Waals surface area contributed by atoms with Crippen LogP contribution in [0.5, 0.6) is 0 Å². The van der Waals surface area contributed by atoms with E-state index in [0.717, 1.165) is 0 Å². The molecule has 60 valence electrons. The molecule has 10 heavy (non-hydrogen) atoms. The van der Waals surface area contributed by atoms with E-state index < -0.39 is 16.5 Å². The van der Waals surface area contributed by atoms with E-state index in [1.807, 2.05) is 0 Å². The summed E-state index contributed by atoms with van der Waals surface area (Å²) in [5.74, 6) is 0. The van der Waals surface area contributed by atoms with Gasteiger partial charge >= 0.3 is 47.8 Å². The molecule has 0 aromatic heterocycles. The normalized spacial score (nSPS) is 7.00. The van der Waals surface area contributed by atoms with Crippen molar-refractivity contribution in [2.75, 3.05) is 0 Å². The molecule has 0 heterocycles. The van der Waals surface area contributed by atoms with Crippen molar-refractivity contribution in [3.8, 4) is 0 Å². The van der Waals surface area contributed by atoms with Gasteiger partial charge in [0.25, 0.3) is 0 Å². The van der Waals surface area contributed by atoms with Crippen molar-refractivity contribution in [1.29, 1.82) is 0 Å². The third-order valence-corrected chi connectivity index (χ3v) is 0. The molecule has 0 fully saturated rings. The predicted molar refractivity (Wildman–Crippen MR) is 35.1 cm³/mol. The van der Waals surface area contributed by atoms with Gasteiger partial charge in [-0.15, -0.1) is 0 Å². The van der Waals surface area contributed by atoms with Gasteiger partial charge in [0.2, 0.25) is 0 Å². The van der Waals surface area contributed by atoms with E-state index >= 15 is 0 Å². The molecule has 0 saturated carbocycles. The van der Waals surface area contributed by atoms with Crippen LogP contribution in [0.25, 0.3) is 0 Å². The summed E-state index contributed by atoms with van der Waals surface area (Å²) in [6, 6.07) is 0. The van der Waals surface area contributed by atoms with E-state index in [2.05, 4.69) is 0 Å². The zero-order chi connectivity index (χ0) is 7.15. The van der Waals surface area contributed by atoms with E-state index in [4.69, 9.17) is 28.7 Å². The third kappa shape index (κ3) is 218. The maximum atomic E-state index is 8.52. The molecule has 6 nitrogen and oxygen atoms in total. The molecule has 10 heteroatoms. The van der Waals surface area contributed by atoms with Crippen LogP contribution in [0.4, 0.5) is 0 Å². The van der Waals surface area contributed by atoms with Crippen molar-refractivity contribution in [3.05, 3.63) is 0 Å². The molecule has 0 aromatic carbocycles. The van der Waals surface area contributed by atoms with Crippen LogP contribution in [-0.2, 0) is 9.13 Å². The first kappa shape index (κ1) is 22.7. The second kappa shape index (κ2) is 17.1. The summed E-state index contributed by atoms with van der Waals surface area (Å²) in [5.41, 5.74) is 0. The van der Waals surface area contributed by atoms with Crippen molar-refractivity contribution >= 4 is 64.3 Å². The molecule has 0 N–H and O–H groups in total. The molecule has 0 aliphatic carbocycles. The molecule has 0 aliphatic rings. The SMILES string of the molecule is O=[PH]([O-])[O-].O=[PH]([O-])[O-].[SnH2+2].[SnH2+2]. The molecule has 0 aliphatic heterocycles. The zero-order valence-corrected chi connectivity index (χ0v) is 14.9. The van der Waals surface area contributed by atoms with Gasteiger partial charge in [0.05, 0.1) is 0 Å². The first-order chi connectivity index (χ1) is 3.46. The Morgan fingerprint density at radius 2 is 0.700 bits per heavy atom. The molecular formula is H6O6P2Sn2. The summed E-state index contributed by atoms with van der Waals surface area (Å²) in [4.78, 5) is 34.1. The minimum absolute atomic E-state index is 0. The van der Waals surface area contributed by atoms with E-state index in [1.165, 1.54) is 0 Å². The van der Waals surface area contributed by atoms with Gasteiger partial charge < -0.3 is 28.7 Å². The van der Waals surface area contributed by atoms with Gasteiger partial charge in [0, 0.05) is 0 Å². The Balaban J connectivity index is -0.0000000300. The van der Waals surface area contributed by atoms with E-state index in [-0.39, 0.29) is 47.8 Å². The maximum absolute atomic E-state index is 8.52. The van der Waals surface area contributed by atoms with Gasteiger partial charge in [0.15, 0.2) is 0 Å². The summed E-state index contributed by atoms with van der Waals surface area (Å²) >= 11 is 0. The topological polar surface area (TPSA) is 126 Å². The van der Waals surface area contributed by atoms with Crippen LogP contribution < -0.4 is 19.6 Å². The Bertz CT molecular complexity index is 71.7. The summed E-state index contributed by atoms with van der Waals surface area (Å²) in [5, 5.41) is 0. The van der Waals surface area contributed by atoms with E-state index in [1.54, 1.807) is 0 Å². The minimum atomic E-state index is -3.63. The Morgan fingerprint density at radius 3 is 0.700 bits per heavy atom. The van der Waals surface area contributed by atoms with Crippen molar-refractivity contribution in [2.24, 2.45) is 0 Å². The molecule has 0 atom stereocenters. The van der Waals surface area contributed by atoms with E-state index in [9.17, 15) is 0 Å². The first-order valence-electron chi connectivity index (χ1n) is 1.22. The van der Waals surface area contributed by atoms with Crippen LogP contribution in [0, 0.1) is 0 Å². The van der Waals surface area contributed by atoms with Crippen LogP contribution in [0.15, 0.2) is 0 Å². The third-order valence-electron chi connectivity index (χ3n) is 0. The van der Waals surface area contributed by atoms with Gasteiger partial charge in [-0.25, -0.2) is 0 Å². The summed E-state index contributed by atoms with van der Waals surface area (Å²) in [7, 11) is -7.26. The molecule has 0 amide bonds. The van der Waals surface area contributed by atoms with Gasteiger partial charge in [0.1, 0.15) is 0 Å². The van der Waals surface area contributed by atoms with Crippen molar-refractivity contribution < 1.29 is 28.7 Å². The molecular weight excluding hydrogens is 395 g/mol. The Labute approximate surface area is 92.5 Å². The summed E-state index contributed by atoms with van der Waals surface area (Å²) in [6.07, 6.45) is 0. The predicted octanol–water partition coefficient (Wildman–Crippen LogP) is -5.64. The van der Waals surface area contributed by atoms with Crippen LogP contribution in [0.2, 0.25) is 0 Å². The van der Waals surface area contributed by atoms with Crippen molar-refractivity contribution in [2.45, 2.75) is 0 Å². The standard InChI is InChI=1S/2H3O3P.2Sn.4H/c2*1-4(2)3;;;;;;/h2*4H,(H2,1,2,3);;;;;;/q;;2*+2;;;;/p-4. The average Bonchev–Trinajstić information content (AvgIpc) is 1.25. The van der Waals surface area contributed by atoms with E-state index in [0.29, 0.717) is 0 Å². The first-order valence-corrected chi connectivity index (χ1v) is 3.67. The molecule has 0 unspecified atom stereocenters. The van der Waals surface area contributed by atoms with Crippen molar-refractivity contribution in [1.82, 2.24) is 0 Å². The van der Waals surface area contributed by atoms with Gasteiger partial charge in [-0.05, 0) is 0 Å². The van der Waals surface area contributed by atoms with Crippen LogP contribution in [0.1, 0.15) is 0 Å². The molecule has 0 bridgehead atoms. The number of hydrogen-bond donors (Lipinski definition) is 0. The Hall–Kier alpha value is 1.90. The fourth-order valence-corrected chi connectivity index (χ4v) is 0. The van der Waals surface area contributed by atoms with Crippen molar-refractivity contribution in [3.63, 3.8) is 0 Å². The fourth-order valence-electron chi connectivity index (χ4n) is 0. The Kier molecular flexibility index (Phi) is 38.8. The Morgan fingerprint density at radius 1 is 0.700 bits per heavy atom. The van der Waals surface area contributed by atoms with Crippen LogP contribution in [0.3, 0.4) is 0 Å². The van der Waals surface area contributed by atoms with Gasteiger partial charge in [-0.1, -0.05) is 16.5 Å². The average molecular weight is 401 g/mol. The fraction of sp³-hybridized carbons (Fsp3) is 0. The number of hydrogen-bond acceptors (Lipinski definition) is 6. The summed E-state index contributed by atoms with van der Waals surface area (Å²) in [6.45, 7) is 0. The van der Waals surface area contributed by atoms with Crippen LogP contribution >= 0.6 is 16.5 Å².